The van der Waals surface area contributed by atoms with Gasteiger partial charge in [-0.15, -0.1) is 0 Å². The van der Waals surface area contributed by atoms with E-state index in [1.807, 2.05) is 13.2 Å². The highest BCUT2D eigenvalue weighted by atomic mass is 15.3. The van der Waals surface area contributed by atoms with E-state index >= 15 is 0 Å². The van der Waals surface area contributed by atoms with E-state index in [1.54, 1.807) is 0 Å². The Bertz CT molecular complexity index is 301. The van der Waals surface area contributed by atoms with Crippen LogP contribution in [0.5, 0.6) is 0 Å². The summed E-state index contributed by atoms with van der Waals surface area (Å²) in [6.45, 7) is 4.36. The highest BCUT2D eigenvalue weighted by molar-refractivity contribution is 5.07. The SMILES string of the molecule is CNC(C)c1ccnn1C1CCCNC1. The lowest BCUT2D eigenvalue weighted by atomic mass is 10.1. The van der Waals surface area contributed by atoms with Gasteiger partial charge in [-0.1, -0.05) is 0 Å². The fourth-order valence-corrected chi connectivity index (χ4v) is 2.16. The molecule has 1 aromatic heterocycles. The molecular formula is C11H20N4. The van der Waals surface area contributed by atoms with Crippen molar-refractivity contribution in [3.05, 3.63) is 18.0 Å². The summed E-state index contributed by atoms with van der Waals surface area (Å²) in [4.78, 5) is 0. The number of nitrogens with one attached hydrogen (secondary N) is 2. The predicted octanol–water partition coefficient (Wildman–Crippen LogP) is 1.09. The molecule has 84 valence electrons. The Labute approximate surface area is 91.1 Å². The van der Waals surface area contributed by atoms with Crippen LogP contribution in [-0.4, -0.2) is 29.9 Å². The number of rotatable bonds is 3. The van der Waals surface area contributed by atoms with Crippen LogP contribution in [0.15, 0.2) is 12.3 Å². The highest BCUT2D eigenvalue weighted by Crippen LogP contribution is 2.21. The molecule has 1 aliphatic rings. The lowest BCUT2D eigenvalue weighted by Gasteiger charge is -2.26. The first kappa shape index (κ1) is 10.6. The maximum Gasteiger partial charge on any atom is 0.0647 e. The van der Waals surface area contributed by atoms with Gasteiger partial charge in [0.1, 0.15) is 0 Å². The van der Waals surface area contributed by atoms with Crippen LogP contribution in [0.1, 0.15) is 37.5 Å². The maximum atomic E-state index is 4.45. The molecule has 1 saturated heterocycles. The van der Waals surface area contributed by atoms with Crippen molar-refractivity contribution in [2.75, 3.05) is 20.1 Å². The van der Waals surface area contributed by atoms with E-state index in [0.29, 0.717) is 12.1 Å². The Morgan fingerprint density at radius 2 is 2.53 bits per heavy atom. The third kappa shape index (κ3) is 2.21. The molecule has 0 saturated carbocycles. The number of hydrogen-bond donors (Lipinski definition) is 2. The van der Waals surface area contributed by atoms with Crippen LogP contribution < -0.4 is 10.6 Å². The van der Waals surface area contributed by atoms with Crippen molar-refractivity contribution in [3.63, 3.8) is 0 Å². The summed E-state index contributed by atoms with van der Waals surface area (Å²) in [5.74, 6) is 0. The minimum atomic E-state index is 0.370. The molecule has 2 heterocycles. The highest BCUT2D eigenvalue weighted by Gasteiger charge is 2.19. The molecule has 2 unspecified atom stereocenters. The maximum absolute atomic E-state index is 4.45. The molecule has 0 aliphatic carbocycles. The quantitative estimate of drug-likeness (QED) is 0.781. The average molecular weight is 208 g/mol. The Morgan fingerprint density at radius 3 is 3.20 bits per heavy atom. The predicted molar refractivity (Wildman–Crippen MR) is 60.8 cm³/mol. The second kappa shape index (κ2) is 4.77. The summed E-state index contributed by atoms with van der Waals surface area (Å²) in [6.07, 6.45) is 4.38. The molecule has 15 heavy (non-hydrogen) atoms. The van der Waals surface area contributed by atoms with Gasteiger partial charge in [0.25, 0.3) is 0 Å². The number of piperidine rings is 1. The van der Waals surface area contributed by atoms with Gasteiger partial charge in [-0.25, -0.2) is 0 Å². The van der Waals surface area contributed by atoms with Gasteiger partial charge >= 0.3 is 0 Å². The third-order valence-corrected chi connectivity index (χ3v) is 3.19. The Kier molecular flexibility index (Phi) is 3.38. The van der Waals surface area contributed by atoms with Gasteiger partial charge in [-0.05, 0) is 39.4 Å². The zero-order valence-electron chi connectivity index (χ0n) is 9.53. The van der Waals surface area contributed by atoms with Crippen molar-refractivity contribution in [1.82, 2.24) is 20.4 Å². The van der Waals surface area contributed by atoms with Gasteiger partial charge in [0.2, 0.25) is 0 Å². The summed E-state index contributed by atoms with van der Waals surface area (Å²) >= 11 is 0. The summed E-state index contributed by atoms with van der Waals surface area (Å²) in [6, 6.07) is 3.00. The van der Waals surface area contributed by atoms with Crippen LogP contribution in [0.3, 0.4) is 0 Å². The molecule has 2 N–H and O–H groups in total. The zero-order valence-corrected chi connectivity index (χ0v) is 9.53. The minimum Gasteiger partial charge on any atom is -0.315 e. The molecule has 1 fully saturated rings. The lowest BCUT2D eigenvalue weighted by molar-refractivity contribution is 0.332. The molecule has 0 spiro atoms. The van der Waals surface area contributed by atoms with Crippen molar-refractivity contribution < 1.29 is 0 Å². The Hall–Kier alpha value is -0.870. The van der Waals surface area contributed by atoms with E-state index < -0.39 is 0 Å². The van der Waals surface area contributed by atoms with Crippen LogP contribution in [0, 0.1) is 0 Å². The molecule has 1 aromatic rings. The van der Waals surface area contributed by atoms with Crippen LogP contribution in [0.25, 0.3) is 0 Å². The fraction of sp³-hybridized carbons (Fsp3) is 0.727. The van der Waals surface area contributed by atoms with Gasteiger partial charge in [-0.3, -0.25) is 4.68 Å². The first-order chi connectivity index (χ1) is 7.33. The third-order valence-electron chi connectivity index (χ3n) is 3.19. The molecule has 4 nitrogen and oxygen atoms in total. The number of nitrogens with zero attached hydrogens (tertiary/aromatic N) is 2. The number of aromatic nitrogens is 2. The van der Waals surface area contributed by atoms with Crippen molar-refractivity contribution in [2.45, 2.75) is 31.8 Å². The number of hydrogen-bond acceptors (Lipinski definition) is 3. The molecule has 4 heteroatoms. The van der Waals surface area contributed by atoms with Gasteiger partial charge in [-0.2, -0.15) is 5.10 Å². The summed E-state index contributed by atoms with van der Waals surface area (Å²) in [5, 5.41) is 11.1. The van der Waals surface area contributed by atoms with Crippen molar-refractivity contribution in [2.24, 2.45) is 0 Å². The largest absolute Gasteiger partial charge is 0.315 e. The summed E-state index contributed by atoms with van der Waals surface area (Å²) in [5.41, 5.74) is 1.28. The van der Waals surface area contributed by atoms with E-state index in [1.165, 1.54) is 18.5 Å². The smallest absolute Gasteiger partial charge is 0.0647 e. The second-order valence-corrected chi connectivity index (χ2v) is 4.21. The van der Waals surface area contributed by atoms with Crippen LogP contribution in [0.2, 0.25) is 0 Å². The van der Waals surface area contributed by atoms with E-state index in [-0.39, 0.29) is 0 Å². The molecule has 2 rings (SSSR count). The van der Waals surface area contributed by atoms with Gasteiger partial charge in [0.15, 0.2) is 0 Å². The first-order valence-electron chi connectivity index (χ1n) is 5.74. The Morgan fingerprint density at radius 1 is 1.67 bits per heavy atom. The van der Waals surface area contributed by atoms with Gasteiger partial charge in [0, 0.05) is 18.8 Å². The molecule has 2 atom stereocenters. The fourth-order valence-electron chi connectivity index (χ4n) is 2.16. The molecule has 1 aliphatic heterocycles. The zero-order chi connectivity index (χ0) is 10.7. The first-order valence-corrected chi connectivity index (χ1v) is 5.74. The lowest BCUT2D eigenvalue weighted by Crippen LogP contribution is -2.33. The van der Waals surface area contributed by atoms with Crippen molar-refractivity contribution in [1.29, 1.82) is 0 Å². The monoisotopic (exact) mass is 208 g/mol. The van der Waals surface area contributed by atoms with Crippen LogP contribution >= 0.6 is 0 Å². The molecule has 0 bridgehead atoms. The summed E-state index contributed by atoms with van der Waals surface area (Å²) in [7, 11) is 1.99. The minimum absolute atomic E-state index is 0.370. The van der Waals surface area contributed by atoms with Crippen LogP contribution in [-0.2, 0) is 0 Å². The van der Waals surface area contributed by atoms with Crippen LogP contribution in [0.4, 0.5) is 0 Å². The van der Waals surface area contributed by atoms with E-state index in [9.17, 15) is 0 Å². The standard InChI is InChI=1S/C11H20N4/c1-9(12-2)11-5-7-14-15(11)10-4-3-6-13-8-10/h5,7,9-10,12-13H,3-4,6,8H2,1-2H3. The molecule has 0 amide bonds. The average Bonchev–Trinajstić information content (AvgIpc) is 2.78. The van der Waals surface area contributed by atoms with E-state index in [4.69, 9.17) is 0 Å². The van der Waals surface area contributed by atoms with Crippen molar-refractivity contribution in [3.8, 4) is 0 Å². The normalized spacial score (nSPS) is 24.0. The topological polar surface area (TPSA) is 41.9 Å². The molecule has 0 aromatic carbocycles. The van der Waals surface area contributed by atoms with Gasteiger partial charge < -0.3 is 10.6 Å². The molecular weight excluding hydrogens is 188 g/mol. The summed E-state index contributed by atoms with van der Waals surface area (Å²) < 4.78 is 2.17. The van der Waals surface area contributed by atoms with Gasteiger partial charge in [0.05, 0.1) is 11.7 Å². The Balaban J connectivity index is 2.15. The molecule has 0 radical (unpaired) electrons. The van der Waals surface area contributed by atoms with Crippen molar-refractivity contribution >= 4 is 0 Å². The van der Waals surface area contributed by atoms with E-state index in [2.05, 4.69) is 33.4 Å². The second-order valence-electron chi connectivity index (χ2n) is 4.21. The van der Waals surface area contributed by atoms with E-state index in [0.717, 1.165) is 13.1 Å².